The largest absolute Gasteiger partial charge is 0.379 e. The highest BCUT2D eigenvalue weighted by Gasteiger charge is 2.34. The van der Waals surface area contributed by atoms with Crippen LogP contribution in [0.5, 0.6) is 0 Å². The number of rotatable bonds is 6. The molecule has 1 atom stereocenters. The van der Waals surface area contributed by atoms with Gasteiger partial charge in [-0.3, -0.25) is 19.5 Å². The lowest BCUT2D eigenvalue weighted by atomic mass is 10.3. The summed E-state index contributed by atoms with van der Waals surface area (Å²) in [6, 6.07) is 9.83. The SMILES string of the molecule is Cc1cc(NC2=CN(Sc3ccc(NC(=O)C4CC4)cc3)CC3=NC(N)=C[NH+]23)n[nH]1. The molecule has 3 aliphatic rings. The van der Waals surface area contributed by atoms with Gasteiger partial charge in [0.1, 0.15) is 12.7 Å². The Labute approximate surface area is 178 Å². The molecule has 154 valence electrons. The maximum Gasteiger partial charge on any atom is 0.235 e. The smallest absolute Gasteiger partial charge is 0.235 e. The predicted molar refractivity (Wildman–Crippen MR) is 116 cm³/mol. The summed E-state index contributed by atoms with van der Waals surface area (Å²) in [4.78, 5) is 18.4. The Morgan fingerprint density at radius 3 is 2.83 bits per heavy atom. The summed E-state index contributed by atoms with van der Waals surface area (Å²) in [7, 11) is 0. The van der Waals surface area contributed by atoms with Crippen LogP contribution in [-0.2, 0) is 4.79 Å². The molecule has 30 heavy (non-hydrogen) atoms. The number of carbonyl (C=O) groups excluding carboxylic acids is 1. The maximum absolute atomic E-state index is 11.9. The van der Waals surface area contributed by atoms with Gasteiger partial charge in [0, 0.05) is 28.3 Å². The van der Waals surface area contributed by atoms with E-state index < -0.39 is 0 Å². The first-order valence-corrected chi connectivity index (χ1v) is 10.6. The molecule has 1 aromatic heterocycles. The van der Waals surface area contributed by atoms with Crippen molar-refractivity contribution in [3.63, 3.8) is 0 Å². The van der Waals surface area contributed by atoms with Gasteiger partial charge < -0.3 is 11.1 Å². The summed E-state index contributed by atoms with van der Waals surface area (Å²) in [6.07, 6.45) is 5.92. The van der Waals surface area contributed by atoms with Crippen molar-refractivity contribution >= 4 is 35.2 Å². The van der Waals surface area contributed by atoms with Gasteiger partial charge in [0.2, 0.25) is 17.6 Å². The third kappa shape index (κ3) is 4.05. The molecule has 9 nitrogen and oxygen atoms in total. The van der Waals surface area contributed by atoms with Crippen LogP contribution < -0.4 is 21.3 Å². The molecule has 1 fully saturated rings. The lowest BCUT2D eigenvalue weighted by molar-refractivity contribution is -0.700. The zero-order chi connectivity index (χ0) is 20.7. The van der Waals surface area contributed by atoms with Gasteiger partial charge in [0.25, 0.3) is 0 Å². The van der Waals surface area contributed by atoms with Gasteiger partial charge in [0.05, 0.1) is 6.20 Å². The van der Waals surface area contributed by atoms with Gasteiger partial charge in [0.15, 0.2) is 11.6 Å². The van der Waals surface area contributed by atoms with Crippen molar-refractivity contribution in [2.45, 2.75) is 24.7 Å². The number of nitrogens with two attached hydrogens (primary N) is 1. The number of fused-ring (bicyclic) bond motifs is 1. The molecule has 0 radical (unpaired) electrons. The first kappa shape index (κ1) is 18.8. The average Bonchev–Trinajstić information content (AvgIpc) is 3.39. The zero-order valence-electron chi connectivity index (χ0n) is 16.5. The molecule has 1 aromatic carbocycles. The molecular weight excluding hydrogens is 400 g/mol. The maximum atomic E-state index is 11.9. The number of nitrogens with one attached hydrogen (secondary N) is 4. The van der Waals surface area contributed by atoms with E-state index in [0.717, 1.165) is 51.5 Å². The van der Waals surface area contributed by atoms with Crippen molar-refractivity contribution in [1.29, 1.82) is 0 Å². The molecule has 1 unspecified atom stereocenters. The van der Waals surface area contributed by atoms with Gasteiger partial charge in [-0.15, -0.1) is 0 Å². The molecule has 2 aliphatic heterocycles. The number of aromatic amines is 1. The van der Waals surface area contributed by atoms with E-state index in [0.29, 0.717) is 12.4 Å². The van der Waals surface area contributed by atoms with E-state index >= 15 is 0 Å². The van der Waals surface area contributed by atoms with Gasteiger partial charge in [-0.05, 0) is 56.0 Å². The Bertz CT molecular complexity index is 1070. The number of anilines is 2. The van der Waals surface area contributed by atoms with E-state index in [1.807, 2.05) is 49.7 Å². The number of benzene rings is 1. The number of amides is 1. The van der Waals surface area contributed by atoms with Crippen LogP contribution in [-0.4, -0.2) is 32.8 Å². The number of hydrogen-bond acceptors (Lipinski definition) is 7. The number of aromatic nitrogens is 2. The Kier molecular flexibility index (Phi) is 4.72. The molecule has 0 spiro atoms. The van der Waals surface area contributed by atoms with E-state index in [1.165, 1.54) is 0 Å². The molecule has 0 bridgehead atoms. The summed E-state index contributed by atoms with van der Waals surface area (Å²) < 4.78 is 2.11. The van der Waals surface area contributed by atoms with E-state index in [4.69, 9.17) is 5.73 Å². The summed E-state index contributed by atoms with van der Waals surface area (Å²) in [5, 5.41) is 13.5. The molecule has 1 saturated carbocycles. The molecular formula is C20H23N8OS+. The van der Waals surface area contributed by atoms with E-state index in [-0.39, 0.29) is 11.8 Å². The van der Waals surface area contributed by atoms with E-state index in [2.05, 4.69) is 30.1 Å². The first-order valence-electron chi connectivity index (χ1n) is 9.82. The van der Waals surface area contributed by atoms with Gasteiger partial charge in [-0.1, -0.05) is 0 Å². The molecule has 2 aromatic rings. The van der Waals surface area contributed by atoms with Crippen LogP contribution in [0.15, 0.2) is 64.3 Å². The first-order chi connectivity index (χ1) is 14.5. The second kappa shape index (κ2) is 7.54. The number of aryl methyl sites for hydroxylation is 1. The van der Waals surface area contributed by atoms with Crippen molar-refractivity contribution in [3.8, 4) is 0 Å². The number of hydrogen-bond donors (Lipinski definition) is 5. The highest BCUT2D eigenvalue weighted by atomic mass is 32.2. The molecule has 0 saturated heterocycles. The lowest BCUT2D eigenvalue weighted by Gasteiger charge is -2.27. The number of carbonyl (C=O) groups is 1. The molecule has 1 aliphatic carbocycles. The number of amidine groups is 1. The second-order valence-electron chi connectivity index (χ2n) is 7.60. The summed E-state index contributed by atoms with van der Waals surface area (Å²) in [5.74, 6) is 3.38. The third-order valence-corrected chi connectivity index (χ3v) is 5.95. The number of aliphatic imine (C=N–C) groups is 1. The van der Waals surface area contributed by atoms with Crippen LogP contribution in [0.3, 0.4) is 0 Å². The fraction of sp³-hybridized carbons (Fsp3) is 0.250. The minimum atomic E-state index is 0.117. The van der Waals surface area contributed by atoms with Crippen LogP contribution in [0.4, 0.5) is 11.5 Å². The van der Waals surface area contributed by atoms with Crippen LogP contribution in [0.25, 0.3) is 0 Å². The van der Waals surface area contributed by atoms with E-state index in [9.17, 15) is 4.79 Å². The van der Waals surface area contributed by atoms with Crippen LogP contribution in [0.1, 0.15) is 18.5 Å². The lowest BCUT2D eigenvalue weighted by Crippen LogP contribution is -3.10. The highest BCUT2D eigenvalue weighted by molar-refractivity contribution is 7.97. The summed E-state index contributed by atoms with van der Waals surface area (Å²) in [6.45, 7) is 2.60. The van der Waals surface area contributed by atoms with E-state index in [1.54, 1.807) is 11.9 Å². The van der Waals surface area contributed by atoms with Gasteiger partial charge >= 0.3 is 0 Å². The number of nitrogens with zero attached hydrogens (tertiary/aromatic N) is 3. The summed E-state index contributed by atoms with van der Waals surface area (Å²) >= 11 is 1.60. The van der Waals surface area contributed by atoms with Crippen LogP contribution in [0.2, 0.25) is 0 Å². The Morgan fingerprint density at radius 1 is 1.33 bits per heavy atom. The average molecular weight is 424 g/mol. The number of quaternary nitrogens is 1. The van der Waals surface area contributed by atoms with Crippen molar-refractivity contribution in [2.75, 3.05) is 17.2 Å². The normalized spacial score (nSPS) is 20.2. The standard InChI is InChI=1S/C20H22N8OS/c1-12-8-17(26-25-12)24-19-11-27(10-18-23-16(21)9-28(18)19)30-15-6-4-14(5-7-15)22-20(29)13-2-3-13/h4-9,11,13H,2-3,10,21H2,1H3,(H,22,29)(H2,24,25,26)/p+1. The molecule has 1 amide bonds. The quantitative estimate of drug-likeness (QED) is 0.448. The van der Waals surface area contributed by atoms with Crippen molar-refractivity contribution in [1.82, 2.24) is 14.5 Å². The molecule has 6 N–H and O–H groups in total. The fourth-order valence-corrected chi connectivity index (χ4v) is 4.22. The van der Waals surface area contributed by atoms with Crippen LogP contribution in [0, 0.1) is 12.8 Å². The van der Waals surface area contributed by atoms with Crippen molar-refractivity contribution < 1.29 is 9.69 Å². The van der Waals surface area contributed by atoms with Gasteiger partial charge in [-0.2, -0.15) is 10.1 Å². The summed E-state index contributed by atoms with van der Waals surface area (Å²) in [5.41, 5.74) is 7.76. The third-order valence-electron chi connectivity index (χ3n) is 5.00. The number of H-pyrrole nitrogens is 1. The zero-order valence-corrected chi connectivity index (χ0v) is 17.3. The monoisotopic (exact) mass is 423 g/mol. The Hall–Kier alpha value is -3.24. The Morgan fingerprint density at radius 2 is 2.13 bits per heavy atom. The van der Waals surface area contributed by atoms with Crippen molar-refractivity contribution in [2.24, 2.45) is 16.6 Å². The van der Waals surface area contributed by atoms with Crippen molar-refractivity contribution in [3.05, 3.63) is 60.1 Å². The van der Waals surface area contributed by atoms with Crippen LogP contribution >= 0.6 is 11.9 Å². The highest BCUT2D eigenvalue weighted by Crippen LogP contribution is 2.31. The molecule has 10 heteroatoms. The molecule has 5 rings (SSSR count). The predicted octanol–water partition coefficient (Wildman–Crippen LogP) is 1.35. The minimum absolute atomic E-state index is 0.117. The Balaban J connectivity index is 1.30. The fourth-order valence-electron chi connectivity index (χ4n) is 3.34. The second-order valence-corrected chi connectivity index (χ2v) is 8.72. The topological polar surface area (TPSA) is 116 Å². The minimum Gasteiger partial charge on any atom is -0.379 e. The molecule has 3 heterocycles. The van der Waals surface area contributed by atoms with Gasteiger partial charge in [-0.25, -0.2) is 4.90 Å².